The molecule has 15 rings (SSSR count). The molecule has 2 heterocycles. The molecule has 0 fully saturated rings. The molecule has 13 aromatic carbocycles. The van der Waals surface area contributed by atoms with Crippen LogP contribution in [0.3, 0.4) is 0 Å². The van der Waals surface area contributed by atoms with E-state index in [1.165, 1.54) is 11.7 Å². The van der Waals surface area contributed by atoms with Crippen LogP contribution < -0.4 is 14.4 Å². The summed E-state index contributed by atoms with van der Waals surface area (Å²) in [6.45, 7) is 0.733. The third-order valence-corrected chi connectivity index (χ3v) is 17.1. The zero-order valence-corrected chi connectivity index (χ0v) is 48.7. The second kappa shape index (κ2) is 23.3. The first-order valence-corrected chi connectivity index (χ1v) is 30.2. The van der Waals surface area contributed by atoms with E-state index in [-0.39, 0.29) is 0 Å². The van der Waals surface area contributed by atoms with Crippen molar-refractivity contribution < 1.29 is 22.6 Å². The molecular weight excluding hydrogens is 1130 g/mol. The highest BCUT2D eigenvalue weighted by Crippen LogP contribution is 2.47. The maximum absolute atomic E-state index is 13.9. The van der Waals surface area contributed by atoms with Crippen LogP contribution in [0.4, 0.5) is 30.2 Å². The molecule has 10 heteroatoms. The van der Waals surface area contributed by atoms with Gasteiger partial charge in [0, 0.05) is 33.4 Å². The summed E-state index contributed by atoms with van der Waals surface area (Å²) in [5.74, 6) is 1.47. The summed E-state index contributed by atoms with van der Waals surface area (Å²) >= 11 is 1.19. The van der Waals surface area contributed by atoms with E-state index in [0.29, 0.717) is 24.5 Å². The van der Waals surface area contributed by atoms with E-state index in [1.807, 2.05) is 78.9 Å². The van der Waals surface area contributed by atoms with Gasteiger partial charge in [-0.3, -0.25) is 0 Å². The van der Waals surface area contributed by atoms with Gasteiger partial charge in [-0.1, -0.05) is 176 Å². The number of para-hydroxylation sites is 1. The van der Waals surface area contributed by atoms with Gasteiger partial charge >= 0.3 is 6.18 Å². The number of ether oxygens (including phenoxy) is 2. The third kappa shape index (κ3) is 10.7. The molecule has 0 spiro atoms. The number of hydrogen-bond donors (Lipinski definition) is 0. The Bertz CT molecular complexity index is 4960. The number of aromatic nitrogens is 3. The van der Waals surface area contributed by atoms with Crippen molar-refractivity contribution in [3.05, 3.63) is 303 Å². The molecule has 0 amide bonds. The normalized spacial score (nSPS) is 11.6. The highest BCUT2D eigenvalue weighted by Gasteiger charge is 2.30. The smallest absolute Gasteiger partial charge is 0.416 e. The fraction of sp³-hybridized carbons (Fsp3) is 0.0380. The Balaban J connectivity index is 0.845. The molecule has 0 N–H and O–H groups in total. The number of rotatable bonds is 15. The highest BCUT2D eigenvalue weighted by molar-refractivity contribution is 7.00. The Labute approximate surface area is 516 Å². The molecule has 0 bridgehead atoms. The molecule has 6 nitrogen and oxygen atoms in total. The van der Waals surface area contributed by atoms with E-state index in [2.05, 4.69) is 204 Å². The molecule has 0 aliphatic heterocycles. The Kier molecular flexibility index (Phi) is 14.3. The maximum atomic E-state index is 13.9. The van der Waals surface area contributed by atoms with Crippen LogP contribution in [0.1, 0.15) is 5.56 Å². The van der Waals surface area contributed by atoms with Crippen LogP contribution in [0.2, 0.25) is 0 Å². The molecule has 15 aromatic rings. The standard InChI is InChI=1S/C79H53F3N4O2S/c80-79(81,82)62-32-25-57(26-33-62)71-51-75-76(70-24-14-13-23-69(70)71)72-50-58(31-43-73(72)86(75)65-38-40-67(41-39-65)88-46-45-87-66-21-11-4-12-22-66)68-42-44-74(78-77(68)83-89-84-78)85(63-34-27-55(28-35-63)52-15-5-1-6-16-52)64-36-29-56(30-37-64)61-48-59(53-17-7-2-8-18-53)47-60(49-61)54-19-9-3-10-20-54/h1-44,47-51H,45-46H2. The van der Waals surface area contributed by atoms with E-state index in [0.717, 1.165) is 145 Å². The molecule has 0 saturated heterocycles. The first-order chi connectivity index (χ1) is 43.8. The van der Waals surface area contributed by atoms with Crippen LogP contribution in [0, 0.1) is 0 Å². The lowest BCUT2D eigenvalue weighted by Crippen LogP contribution is -2.10. The van der Waals surface area contributed by atoms with Crippen LogP contribution in [0.5, 0.6) is 11.5 Å². The molecular formula is C79H53F3N4O2S. The molecule has 0 aliphatic rings. The predicted molar refractivity (Wildman–Crippen MR) is 359 cm³/mol. The number of fused-ring (bicyclic) bond motifs is 6. The van der Waals surface area contributed by atoms with E-state index in [9.17, 15) is 13.2 Å². The predicted octanol–water partition coefficient (Wildman–Crippen LogP) is 21.9. The minimum atomic E-state index is -4.47. The van der Waals surface area contributed by atoms with Crippen molar-refractivity contribution in [3.8, 4) is 83.9 Å². The summed E-state index contributed by atoms with van der Waals surface area (Å²) in [5, 5.41) is 3.89. The summed E-state index contributed by atoms with van der Waals surface area (Å²) in [5.41, 5.74) is 18.8. The zero-order chi connectivity index (χ0) is 59.8. The molecule has 428 valence electrons. The van der Waals surface area contributed by atoms with Crippen molar-refractivity contribution in [3.63, 3.8) is 0 Å². The topological polar surface area (TPSA) is 52.4 Å². The summed E-state index contributed by atoms with van der Waals surface area (Å²) in [7, 11) is 0. The molecule has 0 aliphatic carbocycles. The van der Waals surface area contributed by atoms with E-state index >= 15 is 0 Å². The fourth-order valence-corrected chi connectivity index (χ4v) is 12.8. The molecule has 0 radical (unpaired) electrons. The number of hydrogen-bond acceptors (Lipinski definition) is 6. The van der Waals surface area contributed by atoms with Gasteiger partial charge in [0.25, 0.3) is 0 Å². The first-order valence-electron chi connectivity index (χ1n) is 29.4. The number of benzene rings is 13. The Morgan fingerprint density at radius 3 is 1.40 bits per heavy atom. The second-order valence-electron chi connectivity index (χ2n) is 21.9. The van der Waals surface area contributed by atoms with Gasteiger partial charge in [-0.25, -0.2) is 0 Å². The summed E-state index contributed by atoms with van der Waals surface area (Å²) in [6.07, 6.45) is -4.47. The van der Waals surface area contributed by atoms with Gasteiger partial charge in [0.2, 0.25) is 0 Å². The van der Waals surface area contributed by atoms with E-state index in [1.54, 1.807) is 12.1 Å². The van der Waals surface area contributed by atoms with Crippen molar-refractivity contribution in [2.75, 3.05) is 18.1 Å². The minimum Gasteiger partial charge on any atom is -0.490 e. The van der Waals surface area contributed by atoms with Crippen LogP contribution in [0.15, 0.2) is 297 Å². The lowest BCUT2D eigenvalue weighted by atomic mass is 9.93. The fourth-order valence-electron chi connectivity index (χ4n) is 12.3. The molecule has 2 aromatic heterocycles. The maximum Gasteiger partial charge on any atom is 0.416 e. The summed E-state index contributed by atoms with van der Waals surface area (Å²) in [6, 6.07) is 100.0. The Hall–Kier alpha value is -11.1. The van der Waals surface area contributed by atoms with Gasteiger partial charge in [0.15, 0.2) is 0 Å². The van der Waals surface area contributed by atoms with E-state index < -0.39 is 11.7 Å². The largest absolute Gasteiger partial charge is 0.490 e. The molecule has 89 heavy (non-hydrogen) atoms. The minimum absolute atomic E-state index is 0.354. The third-order valence-electron chi connectivity index (χ3n) is 16.5. The number of anilines is 3. The highest BCUT2D eigenvalue weighted by atomic mass is 32.1. The van der Waals surface area contributed by atoms with Crippen molar-refractivity contribution >= 4 is 72.4 Å². The lowest BCUT2D eigenvalue weighted by molar-refractivity contribution is -0.137. The lowest BCUT2D eigenvalue weighted by Gasteiger charge is -2.26. The average molecular weight is 1180 g/mol. The Morgan fingerprint density at radius 1 is 0.360 bits per heavy atom. The van der Waals surface area contributed by atoms with Gasteiger partial charge in [0.05, 0.1) is 34.0 Å². The van der Waals surface area contributed by atoms with E-state index in [4.69, 9.17) is 18.2 Å². The van der Waals surface area contributed by atoms with Gasteiger partial charge in [-0.2, -0.15) is 21.9 Å². The Morgan fingerprint density at radius 2 is 0.831 bits per heavy atom. The second-order valence-corrected chi connectivity index (χ2v) is 22.5. The number of alkyl halides is 3. The average Bonchev–Trinajstić information content (AvgIpc) is 1.63. The zero-order valence-electron chi connectivity index (χ0n) is 47.9. The first kappa shape index (κ1) is 54.6. The number of halogens is 3. The molecule has 0 unspecified atom stereocenters. The number of nitrogens with zero attached hydrogens (tertiary/aromatic N) is 4. The van der Waals surface area contributed by atoms with Gasteiger partial charge < -0.3 is 18.9 Å². The van der Waals surface area contributed by atoms with Crippen molar-refractivity contribution in [1.29, 1.82) is 0 Å². The van der Waals surface area contributed by atoms with Crippen LogP contribution in [-0.2, 0) is 6.18 Å². The quantitative estimate of drug-likeness (QED) is 0.0958. The monoisotopic (exact) mass is 1180 g/mol. The van der Waals surface area contributed by atoms with Gasteiger partial charge in [-0.05, 0) is 193 Å². The molecule has 0 atom stereocenters. The van der Waals surface area contributed by atoms with Crippen molar-refractivity contribution in [1.82, 2.24) is 13.3 Å². The summed E-state index contributed by atoms with van der Waals surface area (Å²) in [4.78, 5) is 2.27. The van der Waals surface area contributed by atoms with Gasteiger partial charge in [-0.15, -0.1) is 0 Å². The van der Waals surface area contributed by atoms with Crippen LogP contribution in [-0.4, -0.2) is 26.5 Å². The SMILES string of the molecule is FC(F)(F)c1ccc(-c2cc3c(c4ccccc24)c2cc(-c4ccc(N(c5ccc(-c6ccccc6)cc5)c5ccc(-c6cc(-c7ccccc7)cc(-c7ccccc7)c6)cc5)c5nsnc45)ccc2n3-c2ccc(OCCOc3ccccc3)cc2)cc1. The van der Waals surface area contributed by atoms with Crippen LogP contribution in [0.25, 0.3) is 116 Å². The van der Waals surface area contributed by atoms with Crippen LogP contribution >= 0.6 is 11.7 Å². The van der Waals surface area contributed by atoms with Gasteiger partial charge in [0.1, 0.15) is 35.7 Å². The summed E-state index contributed by atoms with van der Waals surface area (Å²) < 4.78 is 66.3. The van der Waals surface area contributed by atoms with Crippen molar-refractivity contribution in [2.24, 2.45) is 0 Å². The van der Waals surface area contributed by atoms with Crippen molar-refractivity contribution in [2.45, 2.75) is 6.18 Å². The molecule has 0 saturated carbocycles.